The lowest BCUT2D eigenvalue weighted by atomic mass is 10.3. The zero-order chi connectivity index (χ0) is 6.69. The van der Waals surface area contributed by atoms with Crippen molar-refractivity contribution in [1.29, 1.82) is 0 Å². The molecule has 1 rings (SSSR count). The van der Waals surface area contributed by atoms with Crippen LogP contribution in [0.2, 0.25) is 0 Å². The van der Waals surface area contributed by atoms with Crippen molar-refractivity contribution in [2.45, 2.75) is 6.04 Å². The van der Waals surface area contributed by atoms with Crippen LogP contribution >= 0.6 is 15.9 Å². The van der Waals surface area contributed by atoms with Gasteiger partial charge in [-0.3, -0.25) is 4.90 Å². The largest absolute Gasteiger partial charge is 0.378 e. The standard InChI is InChI=1S/C6H12BrNO/c1-8-2-3-9-5-6(8)4-7/h6H,2-5H2,1H3. The summed E-state index contributed by atoms with van der Waals surface area (Å²) >= 11 is 3.43. The molecule has 1 fully saturated rings. The fourth-order valence-corrected chi connectivity index (χ4v) is 1.58. The van der Waals surface area contributed by atoms with Crippen molar-refractivity contribution in [2.75, 3.05) is 32.1 Å². The Hall–Kier alpha value is 0.400. The monoisotopic (exact) mass is 193 g/mol. The van der Waals surface area contributed by atoms with Gasteiger partial charge in [-0.1, -0.05) is 15.9 Å². The van der Waals surface area contributed by atoms with E-state index in [0.717, 1.165) is 25.1 Å². The third-order valence-corrected chi connectivity index (χ3v) is 2.45. The Labute approximate surface area is 64.3 Å². The molecule has 1 saturated heterocycles. The van der Waals surface area contributed by atoms with Crippen molar-refractivity contribution in [1.82, 2.24) is 4.90 Å². The summed E-state index contributed by atoms with van der Waals surface area (Å²) in [6.07, 6.45) is 0. The van der Waals surface area contributed by atoms with Gasteiger partial charge in [0, 0.05) is 17.9 Å². The zero-order valence-corrected chi connectivity index (χ0v) is 7.23. The van der Waals surface area contributed by atoms with Crippen molar-refractivity contribution in [3.8, 4) is 0 Å². The minimum Gasteiger partial charge on any atom is -0.378 e. The minimum atomic E-state index is 0.582. The van der Waals surface area contributed by atoms with E-state index in [0.29, 0.717) is 6.04 Å². The molecule has 54 valence electrons. The van der Waals surface area contributed by atoms with E-state index in [-0.39, 0.29) is 0 Å². The Kier molecular flexibility index (Phi) is 2.95. The third-order valence-electron chi connectivity index (χ3n) is 1.70. The topological polar surface area (TPSA) is 12.5 Å². The molecule has 0 aromatic rings. The van der Waals surface area contributed by atoms with E-state index in [9.17, 15) is 0 Å². The average molecular weight is 194 g/mol. The molecule has 0 aliphatic carbocycles. The summed E-state index contributed by atoms with van der Waals surface area (Å²) in [5, 5.41) is 1.02. The number of morpholine rings is 1. The summed E-state index contributed by atoms with van der Waals surface area (Å²) in [7, 11) is 2.13. The number of hydrogen-bond donors (Lipinski definition) is 0. The zero-order valence-electron chi connectivity index (χ0n) is 5.64. The third kappa shape index (κ3) is 1.92. The van der Waals surface area contributed by atoms with Gasteiger partial charge in [0.15, 0.2) is 0 Å². The second kappa shape index (κ2) is 3.54. The molecule has 2 nitrogen and oxygen atoms in total. The highest BCUT2D eigenvalue weighted by Gasteiger charge is 2.16. The lowest BCUT2D eigenvalue weighted by Crippen LogP contribution is -2.43. The van der Waals surface area contributed by atoms with E-state index < -0.39 is 0 Å². The molecular weight excluding hydrogens is 182 g/mol. The van der Waals surface area contributed by atoms with E-state index in [2.05, 4.69) is 27.9 Å². The molecule has 9 heavy (non-hydrogen) atoms. The van der Waals surface area contributed by atoms with Crippen LogP contribution in [-0.2, 0) is 4.74 Å². The van der Waals surface area contributed by atoms with Crippen LogP contribution in [0.15, 0.2) is 0 Å². The normalized spacial score (nSPS) is 30.7. The maximum atomic E-state index is 5.27. The number of hydrogen-bond acceptors (Lipinski definition) is 2. The number of likely N-dealkylation sites (N-methyl/N-ethyl adjacent to an activating group) is 1. The first-order valence-corrected chi connectivity index (χ1v) is 4.30. The minimum absolute atomic E-state index is 0.582. The van der Waals surface area contributed by atoms with Crippen molar-refractivity contribution in [3.05, 3.63) is 0 Å². The van der Waals surface area contributed by atoms with E-state index in [1.165, 1.54) is 0 Å². The molecule has 1 aliphatic heterocycles. The van der Waals surface area contributed by atoms with Gasteiger partial charge in [-0.25, -0.2) is 0 Å². The maximum Gasteiger partial charge on any atom is 0.0630 e. The second-order valence-corrected chi connectivity index (χ2v) is 3.01. The first kappa shape index (κ1) is 7.51. The molecule has 1 heterocycles. The number of nitrogens with zero attached hydrogens (tertiary/aromatic N) is 1. The molecule has 1 unspecified atom stereocenters. The van der Waals surface area contributed by atoms with Gasteiger partial charge < -0.3 is 4.74 Å². The van der Waals surface area contributed by atoms with Crippen LogP contribution in [0.4, 0.5) is 0 Å². The smallest absolute Gasteiger partial charge is 0.0630 e. The van der Waals surface area contributed by atoms with Gasteiger partial charge in [0.1, 0.15) is 0 Å². The van der Waals surface area contributed by atoms with Gasteiger partial charge in [-0.15, -0.1) is 0 Å². The van der Waals surface area contributed by atoms with Crippen LogP contribution in [-0.4, -0.2) is 43.1 Å². The summed E-state index contributed by atoms with van der Waals surface area (Å²) in [6, 6.07) is 0.582. The van der Waals surface area contributed by atoms with Crippen LogP contribution in [0, 0.1) is 0 Å². The SMILES string of the molecule is CN1CCOCC1CBr. The number of rotatable bonds is 1. The van der Waals surface area contributed by atoms with E-state index in [1.54, 1.807) is 0 Å². The Morgan fingerprint density at radius 3 is 3.00 bits per heavy atom. The molecule has 0 spiro atoms. The molecule has 0 bridgehead atoms. The Bertz CT molecular complexity index is 89.1. The van der Waals surface area contributed by atoms with Gasteiger partial charge in [0.25, 0.3) is 0 Å². The van der Waals surface area contributed by atoms with Crippen LogP contribution in [0.25, 0.3) is 0 Å². The number of ether oxygens (including phenoxy) is 1. The molecule has 0 saturated carbocycles. The number of alkyl halides is 1. The van der Waals surface area contributed by atoms with Crippen LogP contribution in [0.1, 0.15) is 0 Å². The van der Waals surface area contributed by atoms with Gasteiger partial charge in [-0.2, -0.15) is 0 Å². The average Bonchev–Trinajstić information content (AvgIpc) is 1.89. The molecule has 1 atom stereocenters. The Morgan fingerprint density at radius 1 is 1.78 bits per heavy atom. The maximum absolute atomic E-state index is 5.27. The van der Waals surface area contributed by atoms with Crippen molar-refractivity contribution in [3.63, 3.8) is 0 Å². The first-order valence-electron chi connectivity index (χ1n) is 3.18. The summed E-state index contributed by atoms with van der Waals surface area (Å²) in [5.41, 5.74) is 0. The Morgan fingerprint density at radius 2 is 2.56 bits per heavy atom. The summed E-state index contributed by atoms with van der Waals surface area (Å²) < 4.78 is 5.27. The molecule has 0 aromatic carbocycles. The quantitative estimate of drug-likeness (QED) is 0.570. The molecule has 0 aromatic heterocycles. The van der Waals surface area contributed by atoms with Gasteiger partial charge in [-0.05, 0) is 7.05 Å². The highest BCUT2D eigenvalue weighted by atomic mass is 79.9. The summed E-state index contributed by atoms with van der Waals surface area (Å²) in [5.74, 6) is 0. The van der Waals surface area contributed by atoms with Gasteiger partial charge in [0.05, 0.1) is 13.2 Å². The first-order chi connectivity index (χ1) is 4.34. The summed E-state index contributed by atoms with van der Waals surface area (Å²) in [6.45, 7) is 2.83. The highest BCUT2D eigenvalue weighted by Crippen LogP contribution is 2.05. The van der Waals surface area contributed by atoms with E-state index in [1.807, 2.05) is 0 Å². The van der Waals surface area contributed by atoms with E-state index in [4.69, 9.17) is 4.74 Å². The number of halogens is 1. The fourth-order valence-electron chi connectivity index (χ4n) is 0.900. The Balaban J connectivity index is 2.30. The van der Waals surface area contributed by atoms with Crippen molar-refractivity contribution >= 4 is 15.9 Å². The molecule has 0 amide bonds. The van der Waals surface area contributed by atoms with E-state index >= 15 is 0 Å². The lowest BCUT2D eigenvalue weighted by molar-refractivity contribution is 0.0153. The molecule has 0 N–H and O–H groups in total. The van der Waals surface area contributed by atoms with Gasteiger partial charge in [0.2, 0.25) is 0 Å². The predicted molar refractivity (Wildman–Crippen MR) is 41.0 cm³/mol. The molecule has 0 radical (unpaired) electrons. The fraction of sp³-hybridized carbons (Fsp3) is 1.00. The second-order valence-electron chi connectivity index (χ2n) is 2.36. The lowest BCUT2D eigenvalue weighted by Gasteiger charge is -2.30. The van der Waals surface area contributed by atoms with Crippen LogP contribution in [0.5, 0.6) is 0 Å². The highest BCUT2D eigenvalue weighted by molar-refractivity contribution is 9.09. The van der Waals surface area contributed by atoms with Crippen LogP contribution in [0.3, 0.4) is 0 Å². The van der Waals surface area contributed by atoms with Crippen molar-refractivity contribution in [2.24, 2.45) is 0 Å². The summed E-state index contributed by atoms with van der Waals surface area (Å²) in [4.78, 5) is 2.32. The predicted octanol–water partition coefficient (Wildman–Crippen LogP) is 0.712. The van der Waals surface area contributed by atoms with Crippen molar-refractivity contribution < 1.29 is 4.74 Å². The molecule has 3 heteroatoms. The van der Waals surface area contributed by atoms with Gasteiger partial charge >= 0.3 is 0 Å². The molecule has 1 aliphatic rings. The molecular formula is C6H12BrNO. The van der Waals surface area contributed by atoms with Crippen LogP contribution < -0.4 is 0 Å².